The molecule has 1 N–H and O–H groups in total. The van der Waals surface area contributed by atoms with Gasteiger partial charge in [-0.05, 0) is 55.3 Å². The van der Waals surface area contributed by atoms with Gasteiger partial charge in [-0.3, -0.25) is 4.79 Å². The second kappa shape index (κ2) is 10.9. The van der Waals surface area contributed by atoms with Crippen LogP contribution in [0.4, 0.5) is 0 Å². The van der Waals surface area contributed by atoms with Crippen LogP contribution in [-0.4, -0.2) is 44.0 Å². The molecular weight excluding hydrogens is 463 g/mol. The molecule has 0 aromatic heterocycles. The van der Waals surface area contributed by atoms with Crippen LogP contribution in [0.5, 0.6) is 0 Å². The van der Waals surface area contributed by atoms with Gasteiger partial charge < -0.3 is 5.32 Å². The minimum absolute atomic E-state index is 0.00227. The number of nitrogens with zero attached hydrogens (tertiary/aromatic N) is 1. The molecule has 30 heavy (non-hydrogen) atoms. The van der Waals surface area contributed by atoms with Crippen molar-refractivity contribution >= 4 is 50.9 Å². The summed E-state index contributed by atoms with van der Waals surface area (Å²) in [5, 5.41) is 3.44. The minimum Gasteiger partial charge on any atom is -0.356 e. The van der Waals surface area contributed by atoms with Gasteiger partial charge in [0.1, 0.15) is 4.90 Å². The van der Waals surface area contributed by atoms with E-state index in [0.29, 0.717) is 24.4 Å². The zero-order chi connectivity index (χ0) is 21.6. The number of sulfonamides is 1. The van der Waals surface area contributed by atoms with Gasteiger partial charge >= 0.3 is 0 Å². The first-order valence-corrected chi connectivity index (χ1v) is 13.0. The maximum Gasteiger partial charge on any atom is 0.244 e. The molecule has 1 amide bonds. The van der Waals surface area contributed by atoms with Gasteiger partial charge in [-0.1, -0.05) is 41.4 Å². The Hall–Kier alpha value is -1.25. The van der Waals surface area contributed by atoms with Crippen LogP contribution in [0.15, 0.2) is 58.3 Å². The number of halogens is 2. The summed E-state index contributed by atoms with van der Waals surface area (Å²) in [7, 11) is -3.73. The number of rotatable bonds is 8. The van der Waals surface area contributed by atoms with Gasteiger partial charge in [0.15, 0.2) is 0 Å². The first kappa shape index (κ1) is 23.4. The third-order valence-electron chi connectivity index (χ3n) is 4.97. The quantitative estimate of drug-likeness (QED) is 0.433. The minimum atomic E-state index is -3.73. The fourth-order valence-corrected chi connectivity index (χ4v) is 6.39. The van der Waals surface area contributed by atoms with Crippen molar-refractivity contribution in [3.63, 3.8) is 0 Å². The van der Waals surface area contributed by atoms with Crippen molar-refractivity contribution in [1.29, 1.82) is 0 Å². The molecule has 0 unspecified atom stereocenters. The second-order valence-corrected chi connectivity index (χ2v) is 11.0. The van der Waals surface area contributed by atoms with Crippen molar-refractivity contribution < 1.29 is 13.2 Å². The molecule has 2 aromatic rings. The van der Waals surface area contributed by atoms with Crippen LogP contribution in [0.2, 0.25) is 10.0 Å². The smallest absolute Gasteiger partial charge is 0.244 e. The predicted molar refractivity (Wildman–Crippen MR) is 123 cm³/mol. The predicted octanol–water partition coefficient (Wildman–Crippen LogP) is 4.69. The highest BCUT2D eigenvalue weighted by atomic mass is 35.5. The Balaban J connectivity index is 1.43. The summed E-state index contributed by atoms with van der Waals surface area (Å²) in [6, 6.07) is 14.6. The molecule has 0 spiro atoms. The van der Waals surface area contributed by atoms with Gasteiger partial charge in [0.05, 0.1) is 5.02 Å². The normalized spacial score (nSPS) is 15.8. The highest BCUT2D eigenvalue weighted by Crippen LogP contribution is 2.30. The van der Waals surface area contributed by atoms with Crippen molar-refractivity contribution in [2.45, 2.75) is 29.1 Å². The maximum absolute atomic E-state index is 12.9. The van der Waals surface area contributed by atoms with Gasteiger partial charge in [-0.15, -0.1) is 11.8 Å². The first-order valence-electron chi connectivity index (χ1n) is 9.78. The Morgan fingerprint density at radius 2 is 1.80 bits per heavy atom. The monoisotopic (exact) mass is 486 g/mol. The lowest BCUT2D eigenvalue weighted by atomic mass is 9.97. The fraction of sp³-hybridized carbons (Fsp3) is 0.381. The molecule has 0 aliphatic carbocycles. The average Bonchev–Trinajstić information content (AvgIpc) is 2.76. The molecule has 1 saturated heterocycles. The number of piperidine rings is 1. The molecule has 162 valence electrons. The molecule has 1 fully saturated rings. The van der Waals surface area contributed by atoms with Crippen molar-refractivity contribution in [3.8, 4) is 0 Å². The van der Waals surface area contributed by atoms with Crippen LogP contribution >= 0.6 is 35.0 Å². The molecule has 0 atom stereocenters. The number of thioether (sulfide) groups is 1. The molecule has 0 radical (unpaired) electrons. The molecule has 0 saturated carbocycles. The number of amides is 1. The number of benzene rings is 2. The summed E-state index contributed by atoms with van der Waals surface area (Å²) in [5.41, 5.74) is 0. The number of hydrogen-bond acceptors (Lipinski definition) is 4. The molecule has 1 heterocycles. The average molecular weight is 487 g/mol. The first-order chi connectivity index (χ1) is 14.4. The molecule has 2 aromatic carbocycles. The van der Waals surface area contributed by atoms with Crippen LogP contribution in [0.3, 0.4) is 0 Å². The third-order valence-corrected chi connectivity index (χ3v) is 8.68. The van der Waals surface area contributed by atoms with E-state index in [1.165, 1.54) is 21.3 Å². The van der Waals surface area contributed by atoms with Crippen LogP contribution in [0, 0.1) is 5.92 Å². The zero-order valence-corrected chi connectivity index (χ0v) is 19.5. The molecule has 0 bridgehead atoms. The molecule has 5 nitrogen and oxygen atoms in total. The topological polar surface area (TPSA) is 66.5 Å². The molecule has 1 aliphatic rings. The van der Waals surface area contributed by atoms with Crippen molar-refractivity contribution in [1.82, 2.24) is 9.62 Å². The third kappa shape index (κ3) is 6.14. The molecule has 3 rings (SSSR count). The van der Waals surface area contributed by atoms with Gasteiger partial charge in [0.2, 0.25) is 15.9 Å². The van der Waals surface area contributed by atoms with Gasteiger partial charge in [0, 0.05) is 35.5 Å². The van der Waals surface area contributed by atoms with Gasteiger partial charge in [-0.2, -0.15) is 4.31 Å². The van der Waals surface area contributed by atoms with Crippen LogP contribution < -0.4 is 5.32 Å². The Morgan fingerprint density at radius 3 is 2.50 bits per heavy atom. The van der Waals surface area contributed by atoms with E-state index in [4.69, 9.17) is 23.2 Å². The number of hydrogen-bond donors (Lipinski definition) is 1. The zero-order valence-electron chi connectivity index (χ0n) is 16.4. The summed E-state index contributed by atoms with van der Waals surface area (Å²) in [6.45, 7) is 1.19. The highest BCUT2D eigenvalue weighted by molar-refractivity contribution is 7.99. The number of carbonyl (C=O) groups is 1. The summed E-state index contributed by atoms with van der Waals surface area (Å²) in [4.78, 5) is 13.7. The lowest BCUT2D eigenvalue weighted by molar-refractivity contribution is -0.126. The summed E-state index contributed by atoms with van der Waals surface area (Å²) >= 11 is 13.8. The van der Waals surface area contributed by atoms with E-state index in [9.17, 15) is 13.2 Å². The highest BCUT2D eigenvalue weighted by Gasteiger charge is 2.33. The Morgan fingerprint density at radius 1 is 1.10 bits per heavy atom. The largest absolute Gasteiger partial charge is 0.356 e. The van der Waals surface area contributed by atoms with E-state index < -0.39 is 10.0 Å². The Labute approximate surface area is 192 Å². The van der Waals surface area contributed by atoms with E-state index in [0.717, 1.165) is 12.2 Å². The van der Waals surface area contributed by atoms with Crippen molar-refractivity contribution in [2.24, 2.45) is 5.92 Å². The fourth-order valence-electron chi connectivity index (χ4n) is 3.31. The van der Waals surface area contributed by atoms with Crippen LogP contribution in [0.1, 0.15) is 19.3 Å². The van der Waals surface area contributed by atoms with Gasteiger partial charge in [0.25, 0.3) is 0 Å². The standard InChI is InChI=1S/C21H24Cl2N2O3S2/c22-17-7-8-19(23)20(15-17)30(27,28)25-12-9-16(10-13-25)21(26)24-11-4-14-29-18-5-2-1-3-6-18/h1-3,5-8,15-16H,4,9-14H2,(H,24,26). The van der Waals surface area contributed by atoms with E-state index in [1.807, 2.05) is 18.2 Å². The van der Waals surface area contributed by atoms with Crippen LogP contribution in [-0.2, 0) is 14.8 Å². The van der Waals surface area contributed by atoms with E-state index in [-0.39, 0.29) is 34.8 Å². The maximum atomic E-state index is 12.9. The van der Waals surface area contributed by atoms with Crippen LogP contribution in [0.25, 0.3) is 0 Å². The van der Waals surface area contributed by atoms with E-state index >= 15 is 0 Å². The van der Waals surface area contributed by atoms with E-state index in [1.54, 1.807) is 17.8 Å². The SMILES string of the molecule is O=C(NCCCSc1ccccc1)C1CCN(S(=O)(=O)c2cc(Cl)ccc2Cl)CC1. The summed E-state index contributed by atoms with van der Waals surface area (Å²) in [5.74, 6) is 0.757. The van der Waals surface area contributed by atoms with Crippen molar-refractivity contribution in [3.05, 3.63) is 58.6 Å². The summed E-state index contributed by atoms with van der Waals surface area (Å²) in [6.07, 6.45) is 1.86. The number of nitrogens with one attached hydrogen (secondary N) is 1. The Bertz CT molecular complexity index is 963. The molecule has 9 heteroatoms. The molecule has 1 aliphatic heterocycles. The second-order valence-electron chi connectivity index (χ2n) is 7.06. The lowest BCUT2D eigenvalue weighted by Crippen LogP contribution is -2.43. The summed E-state index contributed by atoms with van der Waals surface area (Å²) < 4.78 is 27.1. The molecular formula is C21H24Cl2N2O3S2. The number of carbonyl (C=O) groups excluding carboxylic acids is 1. The van der Waals surface area contributed by atoms with Gasteiger partial charge in [-0.25, -0.2) is 8.42 Å². The Kier molecular flexibility index (Phi) is 8.48. The lowest BCUT2D eigenvalue weighted by Gasteiger charge is -2.30. The van der Waals surface area contributed by atoms with E-state index in [2.05, 4.69) is 17.4 Å². The van der Waals surface area contributed by atoms with Crippen molar-refractivity contribution in [2.75, 3.05) is 25.4 Å².